The minimum atomic E-state index is -1.13. The lowest BCUT2D eigenvalue weighted by molar-refractivity contribution is -0.384. The van der Waals surface area contributed by atoms with Crippen molar-refractivity contribution in [2.24, 2.45) is 5.92 Å². The average molecular weight is 315 g/mol. The molecule has 0 heterocycles. The van der Waals surface area contributed by atoms with Gasteiger partial charge in [-0.1, -0.05) is 25.4 Å². The molecule has 1 atom stereocenters. The molecule has 0 aromatic heterocycles. The molecule has 0 fully saturated rings. The van der Waals surface area contributed by atoms with Gasteiger partial charge in [-0.2, -0.15) is 0 Å². The van der Waals surface area contributed by atoms with Crippen LogP contribution in [-0.4, -0.2) is 27.9 Å². The van der Waals surface area contributed by atoms with Crippen molar-refractivity contribution < 1.29 is 19.6 Å². The molecule has 0 saturated carbocycles. The first-order chi connectivity index (χ1) is 9.72. The third-order valence-corrected chi connectivity index (χ3v) is 3.02. The number of carbonyl (C=O) groups is 2. The lowest BCUT2D eigenvalue weighted by Gasteiger charge is -2.16. The lowest BCUT2D eigenvalue weighted by Crippen LogP contribution is -2.41. The number of nitro benzene ring substituents is 1. The summed E-state index contributed by atoms with van der Waals surface area (Å²) in [6.07, 6.45) is 0.280. The van der Waals surface area contributed by atoms with Crippen molar-refractivity contribution in [1.82, 2.24) is 5.32 Å². The first-order valence-electron chi connectivity index (χ1n) is 6.20. The van der Waals surface area contributed by atoms with Crippen LogP contribution < -0.4 is 5.32 Å². The summed E-state index contributed by atoms with van der Waals surface area (Å²) in [7, 11) is 0. The van der Waals surface area contributed by atoms with Crippen LogP contribution in [0.15, 0.2) is 18.2 Å². The van der Waals surface area contributed by atoms with Gasteiger partial charge in [-0.25, -0.2) is 4.79 Å². The number of benzene rings is 1. The molecule has 1 amide bonds. The van der Waals surface area contributed by atoms with Gasteiger partial charge in [0.2, 0.25) is 0 Å². The Morgan fingerprint density at radius 1 is 1.43 bits per heavy atom. The van der Waals surface area contributed by atoms with Crippen molar-refractivity contribution in [2.45, 2.75) is 26.3 Å². The van der Waals surface area contributed by atoms with E-state index in [2.05, 4.69) is 5.32 Å². The largest absolute Gasteiger partial charge is 0.480 e. The summed E-state index contributed by atoms with van der Waals surface area (Å²) in [5, 5.41) is 21.9. The predicted molar refractivity (Wildman–Crippen MR) is 76.5 cm³/mol. The molecular formula is C13H15ClN2O5. The average Bonchev–Trinajstić information content (AvgIpc) is 2.36. The van der Waals surface area contributed by atoms with E-state index >= 15 is 0 Å². The Morgan fingerprint density at radius 3 is 2.48 bits per heavy atom. The van der Waals surface area contributed by atoms with E-state index in [9.17, 15) is 19.7 Å². The molecule has 0 bridgehead atoms. The highest BCUT2D eigenvalue weighted by atomic mass is 35.5. The van der Waals surface area contributed by atoms with E-state index in [0.29, 0.717) is 0 Å². The third-order valence-electron chi connectivity index (χ3n) is 2.72. The maximum absolute atomic E-state index is 12.0. The van der Waals surface area contributed by atoms with Crippen molar-refractivity contribution in [3.05, 3.63) is 38.9 Å². The highest BCUT2D eigenvalue weighted by Crippen LogP contribution is 2.25. The quantitative estimate of drug-likeness (QED) is 0.619. The number of carboxylic acid groups (broad SMARTS) is 1. The van der Waals surface area contributed by atoms with Crippen molar-refractivity contribution >= 4 is 29.2 Å². The molecule has 114 valence electrons. The number of nitro groups is 1. The van der Waals surface area contributed by atoms with E-state index in [1.54, 1.807) is 0 Å². The zero-order valence-electron chi connectivity index (χ0n) is 11.5. The van der Waals surface area contributed by atoms with E-state index in [0.717, 1.165) is 12.1 Å². The second-order valence-electron chi connectivity index (χ2n) is 4.92. The molecule has 0 saturated heterocycles. The summed E-state index contributed by atoms with van der Waals surface area (Å²) >= 11 is 5.71. The SMILES string of the molecule is CC(C)CC(NC(=O)c1ccc([N+](=O)[O-])c(Cl)c1)C(=O)O. The first-order valence-corrected chi connectivity index (χ1v) is 6.57. The van der Waals surface area contributed by atoms with Crippen LogP contribution in [-0.2, 0) is 4.79 Å². The number of aliphatic carboxylic acids is 1. The molecule has 0 aliphatic rings. The maximum Gasteiger partial charge on any atom is 0.326 e. The summed E-state index contributed by atoms with van der Waals surface area (Å²) in [6.45, 7) is 3.68. The normalized spacial score (nSPS) is 12.0. The monoisotopic (exact) mass is 314 g/mol. The third kappa shape index (κ3) is 4.71. The Labute approximate surface area is 126 Å². The number of hydrogen-bond donors (Lipinski definition) is 2. The highest BCUT2D eigenvalue weighted by Gasteiger charge is 2.23. The molecule has 1 rings (SSSR count). The second-order valence-corrected chi connectivity index (χ2v) is 5.32. The number of rotatable bonds is 6. The van der Waals surface area contributed by atoms with Gasteiger partial charge < -0.3 is 10.4 Å². The standard InChI is InChI=1S/C13H15ClN2O5/c1-7(2)5-10(13(18)19)15-12(17)8-3-4-11(16(20)21)9(14)6-8/h3-4,6-7,10H,5H2,1-2H3,(H,15,17)(H,18,19). The number of carboxylic acids is 1. The zero-order valence-corrected chi connectivity index (χ0v) is 12.3. The van der Waals surface area contributed by atoms with E-state index < -0.39 is 22.8 Å². The van der Waals surface area contributed by atoms with Crippen LogP contribution in [0.4, 0.5) is 5.69 Å². The van der Waals surface area contributed by atoms with Crippen LogP contribution in [0, 0.1) is 16.0 Å². The zero-order chi connectivity index (χ0) is 16.2. The number of nitrogens with one attached hydrogen (secondary N) is 1. The van der Waals surface area contributed by atoms with Crippen LogP contribution >= 0.6 is 11.6 Å². The Balaban J connectivity index is 2.90. The molecule has 0 spiro atoms. The number of hydrogen-bond acceptors (Lipinski definition) is 4. The minimum absolute atomic E-state index is 0.0700. The number of carbonyl (C=O) groups excluding carboxylic acids is 1. The van der Waals surface area contributed by atoms with Crippen molar-refractivity contribution in [3.8, 4) is 0 Å². The fourth-order valence-corrected chi connectivity index (χ4v) is 1.98. The van der Waals surface area contributed by atoms with Crippen LogP contribution in [0.5, 0.6) is 0 Å². The summed E-state index contributed by atoms with van der Waals surface area (Å²) in [5.74, 6) is -1.68. The minimum Gasteiger partial charge on any atom is -0.480 e. The van der Waals surface area contributed by atoms with Gasteiger partial charge in [-0.3, -0.25) is 14.9 Å². The van der Waals surface area contributed by atoms with Gasteiger partial charge in [0.05, 0.1) is 4.92 Å². The lowest BCUT2D eigenvalue weighted by atomic mass is 10.0. The van der Waals surface area contributed by atoms with Gasteiger partial charge in [0, 0.05) is 11.6 Å². The fraction of sp³-hybridized carbons (Fsp3) is 0.385. The highest BCUT2D eigenvalue weighted by molar-refractivity contribution is 6.33. The molecular weight excluding hydrogens is 300 g/mol. The van der Waals surface area contributed by atoms with Crippen LogP contribution in [0.25, 0.3) is 0 Å². The summed E-state index contributed by atoms with van der Waals surface area (Å²) < 4.78 is 0. The number of amides is 1. The topological polar surface area (TPSA) is 110 Å². The molecule has 8 heteroatoms. The van der Waals surface area contributed by atoms with Gasteiger partial charge in [0.1, 0.15) is 11.1 Å². The fourth-order valence-electron chi connectivity index (χ4n) is 1.73. The molecule has 21 heavy (non-hydrogen) atoms. The van der Waals surface area contributed by atoms with Gasteiger partial charge in [-0.15, -0.1) is 0 Å². The van der Waals surface area contributed by atoms with Gasteiger partial charge in [0.15, 0.2) is 0 Å². The molecule has 1 unspecified atom stereocenters. The molecule has 1 aromatic carbocycles. The molecule has 1 aromatic rings. The summed E-state index contributed by atoms with van der Waals surface area (Å²) in [5.41, 5.74) is -0.245. The van der Waals surface area contributed by atoms with Gasteiger partial charge >= 0.3 is 5.97 Å². The Bertz CT molecular complexity index is 574. The van der Waals surface area contributed by atoms with Crippen LogP contribution in [0.1, 0.15) is 30.6 Å². The maximum atomic E-state index is 12.0. The van der Waals surface area contributed by atoms with Crippen molar-refractivity contribution in [3.63, 3.8) is 0 Å². The molecule has 7 nitrogen and oxygen atoms in total. The van der Waals surface area contributed by atoms with Gasteiger partial charge in [0.25, 0.3) is 11.6 Å². The predicted octanol–water partition coefficient (Wildman–Crippen LogP) is 2.48. The van der Waals surface area contributed by atoms with E-state index in [1.807, 2.05) is 13.8 Å². The van der Waals surface area contributed by atoms with Crippen molar-refractivity contribution in [2.75, 3.05) is 0 Å². The Kier molecular flexibility index (Phi) is 5.66. The number of nitrogens with zero attached hydrogens (tertiary/aromatic N) is 1. The second kappa shape index (κ2) is 7.03. The van der Waals surface area contributed by atoms with E-state index in [-0.39, 0.29) is 28.6 Å². The Morgan fingerprint density at radius 2 is 2.05 bits per heavy atom. The molecule has 0 radical (unpaired) electrons. The number of halogens is 1. The van der Waals surface area contributed by atoms with E-state index in [4.69, 9.17) is 16.7 Å². The van der Waals surface area contributed by atoms with Crippen molar-refractivity contribution in [1.29, 1.82) is 0 Å². The first kappa shape index (κ1) is 16.9. The molecule has 0 aliphatic carbocycles. The van der Waals surface area contributed by atoms with Crippen LogP contribution in [0.3, 0.4) is 0 Å². The summed E-state index contributed by atoms with van der Waals surface area (Å²) in [6, 6.07) is 2.46. The van der Waals surface area contributed by atoms with Crippen LogP contribution in [0.2, 0.25) is 5.02 Å². The Hall–Kier alpha value is -2.15. The smallest absolute Gasteiger partial charge is 0.326 e. The molecule has 0 aliphatic heterocycles. The molecule has 2 N–H and O–H groups in total. The summed E-state index contributed by atoms with van der Waals surface area (Å²) in [4.78, 5) is 33.0. The van der Waals surface area contributed by atoms with Gasteiger partial charge in [-0.05, 0) is 24.5 Å². The van der Waals surface area contributed by atoms with E-state index in [1.165, 1.54) is 6.07 Å².